The van der Waals surface area contributed by atoms with Gasteiger partial charge >= 0.3 is 5.97 Å². The van der Waals surface area contributed by atoms with Crippen molar-refractivity contribution in [1.29, 1.82) is 0 Å². The molecule has 0 spiro atoms. The average molecular weight is 541 g/mol. The van der Waals surface area contributed by atoms with Crippen molar-refractivity contribution in [3.05, 3.63) is 48.0 Å². The minimum atomic E-state index is -1.33. The topological polar surface area (TPSA) is 97.8 Å². The van der Waals surface area contributed by atoms with Crippen molar-refractivity contribution in [3.8, 4) is 23.0 Å². The lowest BCUT2D eigenvalue weighted by atomic mass is 9.83. The first-order valence-corrected chi connectivity index (χ1v) is 13.8. The Bertz CT molecular complexity index is 1150. The fourth-order valence-electron chi connectivity index (χ4n) is 5.53. The van der Waals surface area contributed by atoms with E-state index in [0.717, 1.165) is 31.2 Å². The second-order valence-electron chi connectivity index (χ2n) is 10.3. The molecule has 2 heterocycles. The quantitative estimate of drug-likeness (QED) is 0.389. The maximum absolute atomic E-state index is 13.7. The Labute approximate surface area is 230 Å². The van der Waals surface area contributed by atoms with E-state index in [-0.39, 0.29) is 19.2 Å². The molecule has 3 atom stereocenters. The molecule has 0 bridgehead atoms. The number of amides is 1. The minimum absolute atomic E-state index is 0.0257. The standard InChI is InChI=1S/C30H40N2O7/c1-5-7-15-31(16-8-6-2)27(33)19-32-18-22(21-13-14-24-26(17-21)38-20-37-24)28(29(34)35)30(32,3)39-25-12-10-9-11-23(25)36-4/h9-14,17,22,28H,5-8,15-16,18-20H2,1-4H3,(H,34,35). The SMILES string of the molecule is CCCCN(CCCC)C(=O)CN1CC(c2ccc3c(c2)OCO3)C(C(=O)O)C1(C)Oc1ccccc1OC. The fourth-order valence-corrected chi connectivity index (χ4v) is 5.53. The predicted molar refractivity (Wildman–Crippen MR) is 146 cm³/mol. The van der Waals surface area contributed by atoms with Gasteiger partial charge in [0.05, 0.1) is 13.7 Å². The first kappa shape index (κ1) is 28.5. The van der Waals surface area contributed by atoms with Crippen LogP contribution in [0.2, 0.25) is 0 Å². The van der Waals surface area contributed by atoms with Gasteiger partial charge in [0.25, 0.3) is 0 Å². The second-order valence-corrected chi connectivity index (χ2v) is 10.3. The largest absolute Gasteiger partial charge is 0.493 e. The van der Waals surface area contributed by atoms with Gasteiger partial charge in [-0.15, -0.1) is 0 Å². The van der Waals surface area contributed by atoms with Gasteiger partial charge in [0, 0.05) is 25.6 Å². The van der Waals surface area contributed by atoms with E-state index in [1.54, 1.807) is 32.2 Å². The Morgan fingerprint density at radius 3 is 2.36 bits per heavy atom. The molecule has 2 aliphatic heterocycles. The van der Waals surface area contributed by atoms with Crippen molar-refractivity contribution in [2.45, 2.75) is 58.1 Å². The highest BCUT2D eigenvalue weighted by molar-refractivity contribution is 5.79. The van der Waals surface area contributed by atoms with Crippen molar-refractivity contribution in [3.63, 3.8) is 0 Å². The molecule has 0 aliphatic carbocycles. The number of rotatable bonds is 13. The zero-order valence-electron chi connectivity index (χ0n) is 23.4. The molecule has 4 rings (SSSR count). The van der Waals surface area contributed by atoms with Crippen LogP contribution >= 0.6 is 0 Å². The Morgan fingerprint density at radius 1 is 1.05 bits per heavy atom. The summed E-state index contributed by atoms with van der Waals surface area (Å²) in [5.41, 5.74) is -0.538. The highest BCUT2D eigenvalue weighted by atomic mass is 16.7. The molecule has 0 radical (unpaired) electrons. The summed E-state index contributed by atoms with van der Waals surface area (Å²) in [5.74, 6) is -0.324. The third-order valence-electron chi connectivity index (χ3n) is 7.74. The van der Waals surface area contributed by atoms with Crippen LogP contribution in [0.25, 0.3) is 0 Å². The molecule has 3 unspecified atom stereocenters. The van der Waals surface area contributed by atoms with E-state index in [1.807, 2.05) is 34.1 Å². The van der Waals surface area contributed by atoms with E-state index in [9.17, 15) is 14.7 Å². The van der Waals surface area contributed by atoms with Crippen LogP contribution in [0.1, 0.15) is 57.9 Å². The van der Waals surface area contributed by atoms with Gasteiger partial charge in [-0.25, -0.2) is 0 Å². The molecule has 9 nitrogen and oxygen atoms in total. The predicted octanol–water partition coefficient (Wildman–Crippen LogP) is 4.75. The monoisotopic (exact) mass is 540 g/mol. The van der Waals surface area contributed by atoms with Crippen molar-refractivity contribution >= 4 is 11.9 Å². The van der Waals surface area contributed by atoms with E-state index in [4.69, 9.17) is 18.9 Å². The molecule has 2 aromatic carbocycles. The molecular formula is C30H40N2O7. The molecule has 0 aromatic heterocycles. The zero-order chi connectivity index (χ0) is 28.0. The summed E-state index contributed by atoms with van der Waals surface area (Å²) >= 11 is 0. The van der Waals surface area contributed by atoms with Crippen LogP contribution in [0.5, 0.6) is 23.0 Å². The smallest absolute Gasteiger partial charge is 0.312 e. The van der Waals surface area contributed by atoms with Gasteiger partial charge in [-0.3, -0.25) is 14.5 Å². The Hall–Kier alpha value is -3.46. The summed E-state index contributed by atoms with van der Waals surface area (Å²) in [5, 5.41) is 10.6. The molecule has 1 saturated heterocycles. The summed E-state index contributed by atoms with van der Waals surface area (Å²) in [7, 11) is 1.55. The van der Waals surface area contributed by atoms with Crippen LogP contribution in [0.4, 0.5) is 0 Å². The Kier molecular flexibility index (Phi) is 9.22. The van der Waals surface area contributed by atoms with Gasteiger partial charge in [-0.2, -0.15) is 0 Å². The number of carboxylic acid groups (broad SMARTS) is 1. The van der Waals surface area contributed by atoms with Crippen LogP contribution in [-0.2, 0) is 9.59 Å². The number of carbonyl (C=O) groups is 2. The average Bonchev–Trinajstić information content (AvgIpc) is 3.50. The van der Waals surface area contributed by atoms with Crippen molar-refractivity contribution < 1.29 is 33.6 Å². The van der Waals surface area contributed by atoms with Gasteiger partial charge in [0.1, 0.15) is 5.92 Å². The summed E-state index contributed by atoms with van der Waals surface area (Å²) in [6.07, 6.45) is 3.81. The summed E-state index contributed by atoms with van der Waals surface area (Å²) < 4.78 is 23.1. The molecular weight excluding hydrogens is 500 g/mol. The van der Waals surface area contributed by atoms with Crippen LogP contribution in [0, 0.1) is 5.92 Å². The molecule has 39 heavy (non-hydrogen) atoms. The van der Waals surface area contributed by atoms with E-state index < -0.39 is 23.5 Å². The molecule has 1 fully saturated rings. The lowest BCUT2D eigenvalue weighted by Gasteiger charge is -2.39. The van der Waals surface area contributed by atoms with E-state index in [1.165, 1.54) is 0 Å². The number of benzene rings is 2. The van der Waals surface area contributed by atoms with Crippen molar-refractivity contribution in [1.82, 2.24) is 9.80 Å². The lowest BCUT2D eigenvalue weighted by Crippen LogP contribution is -2.55. The van der Waals surface area contributed by atoms with Gasteiger partial charge in [0.2, 0.25) is 12.7 Å². The molecule has 2 aromatic rings. The number of ether oxygens (including phenoxy) is 4. The van der Waals surface area contributed by atoms with Gasteiger partial charge < -0.3 is 29.0 Å². The van der Waals surface area contributed by atoms with Gasteiger partial charge in [-0.05, 0) is 49.6 Å². The van der Waals surface area contributed by atoms with E-state index in [2.05, 4.69) is 13.8 Å². The number of unbranched alkanes of at least 4 members (excludes halogenated alkanes) is 2. The number of carbonyl (C=O) groups excluding carboxylic acids is 1. The number of methoxy groups -OCH3 is 1. The van der Waals surface area contributed by atoms with Crippen molar-refractivity contribution in [2.75, 3.05) is 40.1 Å². The van der Waals surface area contributed by atoms with Gasteiger partial charge in [-0.1, -0.05) is 44.9 Å². The number of carboxylic acids is 1. The molecule has 0 saturated carbocycles. The summed E-state index contributed by atoms with van der Waals surface area (Å²) in [6.45, 7) is 7.84. The number of hydrogen-bond acceptors (Lipinski definition) is 7. The van der Waals surface area contributed by atoms with E-state index >= 15 is 0 Å². The number of hydrogen-bond donors (Lipinski definition) is 1. The van der Waals surface area contributed by atoms with Crippen LogP contribution in [0.15, 0.2) is 42.5 Å². The van der Waals surface area contributed by atoms with Gasteiger partial charge in [0.15, 0.2) is 28.7 Å². The number of likely N-dealkylation sites (tertiary alicyclic amines) is 1. The van der Waals surface area contributed by atoms with Crippen LogP contribution in [-0.4, -0.2) is 72.6 Å². The maximum atomic E-state index is 13.7. The van der Waals surface area contributed by atoms with Crippen molar-refractivity contribution in [2.24, 2.45) is 5.92 Å². The second kappa shape index (κ2) is 12.6. The highest BCUT2D eigenvalue weighted by Crippen LogP contribution is 2.48. The lowest BCUT2D eigenvalue weighted by molar-refractivity contribution is -0.158. The first-order valence-electron chi connectivity index (χ1n) is 13.8. The molecule has 1 amide bonds. The number of fused-ring (bicyclic) bond motifs is 1. The maximum Gasteiger partial charge on any atom is 0.312 e. The fraction of sp³-hybridized carbons (Fsp3) is 0.533. The number of nitrogens with zero attached hydrogens (tertiary/aromatic N) is 2. The van der Waals surface area contributed by atoms with Crippen LogP contribution < -0.4 is 18.9 Å². The van der Waals surface area contributed by atoms with E-state index in [0.29, 0.717) is 42.6 Å². The zero-order valence-corrected chi connectivity index (χ0v) is 23.4. The third kappa shape index (κ3) is 6.08. The Balaban J connectivity index is 1.71. The number of para-hydroxylation sites is 2. The number of aliphatic carboxylic acids is 1. The minimum Gasteiger partial charge on any atom is -0.493 e. The van der Waals surface area contributed by atoms with Crippen LogP contribution in [0.3, 0.4) is 0 Å². The summed E-state index contributed by atoms with van der Waals surface area (Å²) in [6, 6.07) is 12.7. The first-order chi connectivity index (χ1) is 18.8. The highest BCUT2D eigenvalue weighted by Gasteiger charge is 2.58. The molecule has 212 valence electrons. The molecule has 9 heteroatoms. The molecule has 2 aliphatic rings. The normalized spacial score (nSPS) is 22.1. The third-order valence-corrected chi connectivity index (χ3v) is 7.74. The molecule has 1 N–H and O–H groups in total. The Morgan fingerprint density at radius 2 is 1.72 bits per heavy atom. The summed E-state index contributed by atoms with van der Waals surface area (Å²) in [4.78, 5) is 30.4.